The van der Waals surface area contributed by atoms with E-state index in [9.17, 15) is 4.79 Å². The van der Waals surface area contributed by atoms with E-state index in [4.69, 9.17) is 11.6 Å². The second-order valence-electron chi connectivity index (χ2n) is 8.37. The van der Waals surface area contributed by atoms with Crippen LogP contribution < -0.4 is 11.6 Å². The molecule has 0 aliphatic heterocycles. The predicted octanol–water partition coefficient (Wildman–Crippen LogP) is 5.64. The van der Waals surface area contributed by atoms with Gasteiger partial charge in [0.15, 0.2) is 0 Å². The Morgan fingerprint density at radius 2 is 1.75 bits per heavy atom. The van der Waals surface area contributed by atoms with Crippen molar-refractivity contribution in [2.75, 3.05) is 6.54 Å². The number of carbonyl (C=O) groups is 1. The third-order valence-electron chi connectivity index (χ3n) is 6.16. The number of nitrogens with zero attached hydrogens (tertiary/aromatic N) is 1. The van der Waals surface area contributed by atoms with E-state index < -0.39 is 0 Å². The van der Waals surface area contributed by atoms with Gasteiger partial charge < -0.3 is 10.7 Å². The van der Waals surface area contributed by atoms with Gasteiger partial charge >= 0.3 is 0 Å². The molecule has 0 amide bonds. The highest BCUT2D eigenvalue weighted by Gasteiger charge is 2.29. The Balaban J connectivity index is 0.00000363. The minimum atomic E-state index is -0.261. The first-order valence-corrected chi connectivity index (χ1v) is 11.0. The molecule has 32 heavy (non-hydrogen) atoms. The Hall–Kier alpha value is -2.34. The Bertz CT molecular complexity index is 1050. The van der Waals surface area contributed by atoms with Crippen LogP contribution in [-0.4, -0.2) is 17.3 Å². The molecule has 0 heterocycles. The summed E-state index contributed by atoms with van der Waals surface area (Å²) in [5.41, 5.74) is 16.2. The first-order chi connectivity index (χ1) is 14.9. The molecule has 1 aliphatic carbocycles. The lowest BCUT2D eigenvalue weighted by atomic mass is 9.79. The fourth-order valence-electron chi connectivity index (χ4n) is 4.35. The molecule has 5 heteroatoms. The minimum absolute atomic E-state index is 0. The standard InChI is InChI=1S/C27H33N3O.HI/c1-5-19(18(3)4)15-16-25(31)24-17-20-11-7-8-12-21(20)27(30(29)6-2)26(28)23-14-10-9-13-22(23)24;/h7-14,18,24H,1,6,15-17,28-29H2,2-4H3;1H/b27-26-;. The summed E-state index contributed by atoms with van der Waals surface area (Å²) >= 11 is 0. The molecule has 0 saturated heterocycles. The molecule has 3 rings (SSSR count). The molecule has 170 valence electrons. The highest BCUT2D eigenvalue weighted by atomic mass is 127. The Morgan fingerprint density at radius 1 is 1.12 bits per heavy atom. The van der Waals surface area contributed by atoms with Crippen molar-refractivity contribution in [1.29, 1.82) is 0 Å². The highest BCUT2D eigenvalue weighted by Crippen LogP contribution is 2.38. The van der Waals surface area contributed by atoms with Crippen LogP contribution in [0.2, 0.25) is 0 Å². The van der Waals surface area contributed by atoms with Gasteiger partial charge in [-0.15, -0.1) is 29.7 Å². The van der Waals surface area contributed by atoms with Crippen molar-refractivity contribution in [3.8, 4) is 0 Å². The van der Waals surface area contributed by atoms with Crippen LogP contribution in [0.25, 0.3) is 11.4 Å². The van der Waals surface area contributed by atoms with Crippen molar-refractivity contribution in [1.82, 2.24) is 5.01 Å². The van der Waals surface area contributed by atoms with E-state index in [1.165, 1.54) is 0 Å². The lowest BCUT2D eigenvalue weighted by Gasteiger charge is -2.30. The van der Waals surface area contributed by atoms with Gasteiger partial charge in [-0.05, 0) is 42.4 Å². The number of nitrogens with two attached hydrogens (primary N) is 2. The zero-order valence-corrected chi connectivity index (χ0v) is 21.6. The summed E-state index contributed by atoms with van der Waals surface area (Å²) in [7, 11) is 0. The number of carbonyl (C=O) groups excluding carboxylic acids is 1. The maximum absolute atomic E-state index is 13.5. The van der Waals surface area contributed by atoms with E-state index >= 15 is 0 Å². The largest absolute Gasteiger partial charge is 0.396 e. The fraction of sp³-hybridized carbons (Fsp3) is 0.333. The Morgan fingerprint density at radius 3 is 2.38 bits per heavy atom. The molecule has 0 fully saturated rings. The van der Waals surface area contributed by atoms with E-state index in [-0.39, 0.29) is 35.7 Å². The number of ketones is 1. The molecule has 1 atom stereocenters. The van der Waals surface area contributed by atoms with Crippen LogP contribution in [0.1, 0.15) is 61.8 Å². The number of halogens is 1. The summed E-state index contributed by atoms with van der Waals surface area (Å²) in [4.78, 5) is 13.5. The maximum Gasteiger partial charge on any atom is 0.141 e. The average Bonchev–Trinajstić information content (AvgIpc) is 2.77. The number of hydrogen-bond acceptors (Lipinski definition) is 4. The smallest absolute Gasteiger partial charge is 0.141 e. The van der Waals surface area contributed by atoms with E-state index in [1.807, 2.05) is 49.4 Å². The monoisotopic (exact) mass is 543 g/mol. The number of allylic oxidation sites excluding steroid dienone is 1. The zero-order valence-electron chi connectivity index (χ0n) is 19.2. The van der Waals surface area contributed by atoms with Crippen LogP contribution in [0, 0.1) is 5.92 Å². The van der Waals surface area contributed by atoms with E-state index in [1.54, 1.807) is 5.01 Å². The van der Waals surface area contributed by atoms with Gasteiger partial charge in [0.1, 0.15) is 5.78 Å². The van der Waals surface area contributed by atoms with E-state index in [0.717, 1.165) is 33.5 Å². The van der Waals surface area contributed by atoms with Gasteiger partial charge in [0.25, 0.3) is 0 Å². The third kappa shape index (κ3) is 5.34. The van der Waals surface area contributed by atoms with Gasteiger partial charge in [-0.3, -0.25) is 4.79 Å². The third-order valence-corrected chi connectivity index (χ3v) is 6.16. The summed E-state index contributed by atoms with van der Waals surface area (Å²) in [6.07, 6.45) is 1.77. The number of fused-ring (bicyclic) bond motifs is 2. The maximum atomic E-state index is 13.5. The lowest BCUT2D eigenvalue weighted by molar-refractivity contribution is -0.120. The van der Waals surface area contributed by atoms with Crippen LogP contribution in [0.15, 0.2) is 66.4 Å². The molecule has 4 nitrogen and oxygen atoms in total. The summed E-state index contributed by atoms with van der Waals surface area (Å²) in [6, 6.07) is 16.1. The Kier molecular flexibility index (Phi) is 9.32. The van der Waals surface area contributed by atoms with Gasteiger partial charge in [0.05, 0.1) is 11.4 Å². The zero-order chi connectivity index (χ0) is 22.5. The Labute approximate surface area is 209 Å². The van der Waals surface area contributed by atoms with Crippen molar-refractivity contribution in [3.05, 3.63) is 88.7 Å². The minimum Gasteiger partial charge on any atom is -0.396 e. The highest BCUT2D eigenvalue weighted by molar-refractivity contribution is 14.0. The molecule has 0 spiro atoms. The van der Waals surface area contributed by atoms with Gasteiger partial charge in [-0.2, -0.15) is 0 Å². The number of hydrazine groups is 1. The number of rotatable bonds is 7. The second kappa shape index (κ2) is 11.5. The molecule has 1 unspecified atom stereocenters. The summed E-state index contributed by atoms with van der Waals surface area (Å²) < 4.78 is 0. The topological polar surface area (TPSA) is 72.3 Å². The van der Waals surface area contributed by atoms with Gasteiger partial charge in [0.2, 0.25) is 0 Å². The molecule has 2 aromatic carbocycles. The van der Waals surface area contributed by atoms with Gasteiger partial charge in [-0.25, -0.2) is 5.84 Å². The SMILES string of the molecule is C=C=C(CCC(=O)C1Cc2ccccc2/C(N(N)CC)=C(/N)c2ccccc21)C(C)C.I. The normalized spacial score (nSPS) is 17.2. The van der Waals surface area contributed by atoms with Crippen molar-refractivity contribution in [2.24, 2.45) is 17.5 Å². The van der Waals surface area contributed by atoms with E-state index in [2.05, 4.69) is 32.2 Å². The van der Waals surface area contributed by atoms with Gasteiger partial charge in [-0.1, -0.05) is 69.0 Å². The summed E-state index contributed by atoms with van der Waals surface area (Å²) in [5.74, 6) is 6.65. The first kappa shape index (κ1) is 25.9. The number of benzene rings is 2. The molecular formula is C27H34IN3O. The van der Waals surface area contributed by atoms with E-state index in [0.29, 0.717) is 37.4 Å². The fourth-order valence-corrected chi connectivity index (χ4v) is 4.35. The summed E-state index contributed by atoms with van der Waals surface area (Å²) in [6.45, 7) is 10.6. The van der Waals surface area contributed by atoms with Crippen LogP contribution in [0.3, 0.4) is 0 Å². The van der Waals surface area contributed by atoms with Crippen molar-refractivity contribution < 1.29 is 4.79 Å². The number of Topliss-reactive ketones (excluding diaryl/α,β-unsaturated/α-hetero) is 1. The molecule has 0 aromatic heterocycles. The van der Waals surface area contributed by atoms with Crippen molar-refractivity contribution in [2.45, 2.75) is 46.0 Å². The van der Waals surface area contributed by atoms with Crippen LogP contribution in [0.4, 0.5) is 0 Å². The molecule has 2 aromatic rings. The number of hydrogen-bond donors (Lipinski definition) is 2. The van der Waals surface area contributed by atoms with Crippen molar-refractivity contribution in [3.63, 3.8) is 0 Å². The van der Waals surface area contributed by atoms with Crippen LogP contribution in [-0.2, 0) is 11.2 Å². The first-order valence-electron chi connectivity index (χ1n) is 11.0. The molecule has 1 aliphatic rings. The van der Waals surface area contributed by atoms with Crippen LogP contribution >= 0.6 is 24.0 Å². The molecule has 0 bridgehead atoms. The predicted molar refractivity (Wildman–Crippen MR) is 144 cm³/mol. The summed E-state index contributed by atoms with van der Waals surface area (Å²) in [5, 5.41) is 1.69. The molecule has 0 radical (unpaired) electrons. The molecule has 4 N–H and O–H groups in total. The average molecular weight is 543 g/mol. The van der Waals surface area contributed by atoms with Gasteiger partial charge in [0, 0.05) is 30.0 Å². The molecular weight excluding hydrogens is 509 g/mol. The lowest BCUT2D eigenvalue weighted by Crippen LogP contribution is -2.32. The quantitative estimate of drug-likeness (QED) is 0.205. The molecule has 0 saturated carbocycles. The van der Waals surface area contributed by atoms with Crippen LogP contribution in [0.5, 0.6) is 0 Å². The van der Waals surface area contributed by atoms with Crippen molar-refractivity contribution >= 4 is 41.2 Å². The second-order valence-corrected chi connectivity index (χ2v) is 8.37.